The van der Waals surface area contributed by atoms with Gasteiger partial charge in [0, 0.05) is 30.7 Å². The molecule has 0 aliphatic carbocycles. The Labute approximate surface area is 119 Å². The largest absolute Gasteiger partial charge is 0.338 e. The molecule has 5 heteroatoms. The Bertz CT molecular complexity index is 564. The standard InChI is InChI=1S/C15H20N4O/c1-15(2)11-16-8-9-19(15)10-13-17-14(18-20-13)12-6-4-3-5-7-12/h3-7,16H,8-11H2,1-2H3. The van der Waals surface area contributed by atoms with Gasteiger partial charge in [-0.3, -0.25) is 4.90 Å². The van der Waals surface area contributed by atoms with Crippen LogP contribution in [-0.2, 0) is 6.54 Å². The summed E-state index contributed by atoms with van der Waals surface area (Å²) in [7, 11) is 0. The Morgan fingerprint density at radius 1 is 1.30 bits per heavy atom. The average Bonchev–Trinajstić information content (AvgIpc) is 2.91. The molecule has 0 bridgehead atoms. The highest BCUT2D eigenvalue weighted by molar-refractivity contribution is 5.53. The van der Waals surface area contributed by atoms with E-state index in [4.69, 9.17) is 4.52 Å². The molecule has 2 heterocycles. The van der Waals surface area contributed by atoms with E-state index >= 15 is 0 Å². The molecular formula is C15H20N4O. The van der Waals surface area contributed by atoms with Gasteiger partial charge in [-0.2, -0.15) is 4.98 Å². The minimum Gasteiger partial charge on any atom is -0.338 e. The van der Waals surface area contributed by atoms with Crippen molar-refractivity contribution in [3.63, 3.8) is 0 Å². The Kier molecular flexibility index (Phi) is 3.54. The maximum atomic E-state index is 5.39. The third kappa shape index (κ3) is 2.73. The van der Waals surface area contributed by atoms with Gasteiger partial charge in [0.2, 0.25) is 11.7 Å². The Balaban J connectivity index is 1.74. The molecule has 1 aromatic carbocycles. The van der Waals surface area contributed by atoms with E-state index in [1.165, 1.54) is 0 Å². The number of benzene rings is 1. The van der Waals surface area contributed by atoms with Gasteiger partial charge in [-0.25, -0.2) is 0 Å². The topological polar surface area (TPSA) is 54.2 Å². The molecule has 1 fully saturated rings. The lowest BCUT2D eigenvalue weighted by molar-refractivity contribution is 0.0711. The summed E-state index contributed by atoms with van der Waals surface area (Å²) >= 11 is 0. The molecule has 0 saturated carbocycles. The third-order valence-corrected chi connectivity index (χ3v) is 3.80. The second kappa shape index (κ2) is 5.34. The van der Waals surface area contributed by atoms with Gasteiger partial charge in [0.1, 0.15) is 0 Å². The first-order chi connectivity index (χ1) is 9.65. The van der Waals surface area contributed by atoms with E-state index in [2.05, 4.69) is 34.2 Å². The van der Waals surface area contributed by atoms with Crippen LogP contribution in [0, 0.1) is 0 Å². The van der Waals surface area contributed by atoms with Gasteiger partial charge in [0.15, 0.2) is 0 Å². The highest BCUT2D eigenvalue weighted by Crippen LogP contribution is 2.20. The number of hydrogen-bond acceptors (Lipinski definition) is 5. The van der Waals surface area contributed by atoms with Crippen LogP contribution >= 0.6 is 0 Å². The molecule has 1 N–H and O–H groups in total. The van der Waals surface area contributed by atoms with E-state index in [0.29, 0.717) is 18.3 Å². The van der Waals surface area contributed by atoms with Crippen LogP contribution in [0.1, 0.15) is 19.7 Å². The summed E-state index contributed by atoms with van der Waals surface area (Å²) in [5.74, 6) is 1.34. The van der Waals surface area contributed by atoms with Crippen molar-refractivity contribution in [2.45, 2.75) is 25.9 Å². The normalized spacial score (nSPS) is 19.1. The van der Waals surface area contributed by atoms with Gasteiger partial charge < -0.3 is 9.84 Å². The fourth-order valence-electron chi connectivity index (χ4n) is 2.50. The van der Waals surface area contributed by atoms with Crippen LogP contribution in [0.15, 0.2) is 34.9 Å². The van der Waals surface area contributed by atoms with Crippen LogP contribution in [0.5, 0.6) is 0 Å². The van der Waals surface area contributed by atoms with E-state index in [9.17, 15) is 0 Å². The molecular weight excluding hydrogens is 252 g/mol. The van der Waals surface area contributed by atoms with E-state index in [1.54, 1.807) is 0 Å². The number of nitrogens with one attached hydrogen (secondary N) is 1. The van der Waals surface area contributed by atoms with Crippen molar-refractivity contribution in [1.82, 2.24) is 20.4 Å². The van der Waals surface area contributed by atoms with Crippen LogP contribution in [0.3, 0.4) is 0 Å². The van der Waals surface area contributed by atoms with Crippen molar-refractivity contribution in [3.8, 4) is 11.4 Å². The predicted octanol–water partition coefficient (Wildman–Crippen LogP) is 1.92. The number of rotatable bonds is 3. The summed E-state index contributed by atoms with van der Waals surface area (Å²) in [4.78, 5) is 6.88. The minimum atomic E-state index is 0.111. The van der Waals surface area contributed by atoms with Crippen LogP contribution in [0.2, 0.25) is 0 Å². The maximum Gasteiger partial charge on any atom is 0.241 e. The SMILES string of the molecule is CC1(C)CNCCN1Cc1nc(-c2ccccc2)no1. The van der Waals surface area contributed by atoms with Gasteiger partial charge >= 0.3 is 0 Å². The lowest BCUT2D eigenvalue weighted by atomic mass is 10.0. The molecule has 1 aliphatic rings. The maximum absolute atomic E-state index is 5.39. The van der Waals surface area contributed by atoms with E-state index < -0.39 is 0 Å². The van der Waals surface area contributed by atoms with Gasteiger partial charge in [-0.15, -0.1) is 0 Å². The first kappa shape index (κ1) is 13.3. The van der Waals surface area contributed by atoms with Gasteiger partial charge in [-0.1, -0.05) is 35.5 Å². The highest BCUT2D eigenvalue weighted by atomic mass is 16.5. The van der Waals surface area contributed by atoms with Gasteiger partial charge in [0.25, 0.3) is 0 Å². The second-order valence-electron chi connectivity index (χ2n) is 5.79. The van der Waals surface area contributed by atoms with Crippen molar-refractivity contribution in [1.29, 1.82) is 0 Å². The van der Waals surface area contributed by atoms with Crippen LogP contribution in [0.25, 0.3) is 11.4 Å². The Hall–Kier alpha value is -1.72. The second-order valence-corrected chi connectivity index (χ2v) is 5.79. The Morgan fingerprint density at radius 3 is 2.85 bits per heavy atom. The molecule has 0 radical (unpaired) electrons. The van der Waals surface area contributed by atoms with Crippen LogP contribution < -0.4 is 5.32 Å². The van der Waals surface area contributed by atoms with Gasteiger partial charge in [-0.05, 0) is 13.8 Å². The van der Waals surface area contributed by atoms with Crippen LogP contribution in [-0.4, -0.2) is 40.2 Å². The molecule has 20 heavy (non-hydrogen) atoms. The van der Waals surface area contributed by atoms with Gasteiger partial charge in [0.05, 0.1) is 6.54 Å². The molecule has 0 amide bonds. The third-order valence-electron chi connectivity index (χ3n) is 3.80. The highest BCUT2D eigenvalue weighted by Gasteiger charge is 2.30. The van der Waals surface area contributed by atoms with Crippen molar-refractivity contribution >= 4 is 0 Å². The average molecular weight is 272 g/mol. The summed E-state index contributed by atoms with van der Waals surface area (Å²) in [6.07, 6.45) is 0. The molecule has 1 saturated heterocycles. The smallest absolute Gasteiger partial charge is 0.241 e. The molecule has 5 nitrogen and oxygen atoms in total. The lowest BCUT2D eigenvalue weighted by Crippen LogP contribution is -2.57. The minimum absolute atomic E-state index is 0.111. The predicted molar refractivity (Wildman–Crippen MR) is 77.1 cm³/mol. The number of aromatic nitrogens is 2. The summed E-state index contributed by atoms with van der Waals surface area (Å²) in [6.45, 7) is 8.14. The number of piperazine rings is 1. The molecule has 0 spiro atoms. The first-order valence-electron chi connectivity index (χ1n) is 6.99. The zero-order valence-electron chi connectivity index (χ0n) is 12.0. The lowest BCUT2D eigenvalue weighted by Gasteiger charge is -2.41. The number of nitrogens with zero attached hydrogens (tertiary/aromatic N) is 3. The number of hydrogen-bond donors (Lipinski definition) is 1. The van der Waals surface area contributed by atoms with Crippen molar-refractivity contribution in [2.24, 2.45) is 0 Å². The van der Waals surface area contributed by atoms with Crippen molar-refractivity contribution in [2.75, 3.05) is 19.6 Å². The zero-order valence-corrected chi connectivity index (χ0v) is 12.0. The molecule has 106 valence electrons. The fraction of sp³-hybridized carbons (Fsp3) is 0.467. The summed E-state index contributed by atoms with van der Waals surface area (Å²) < 4.78 is 5.39. The van der Waals surface area contributed by atoms with E-state index in [1.807, 2.05) is 30.3 Å². The Morgan fingerprint density at radius 2 is 2.10 bits per heavy atom. The molecule has 1 aromatic heterocycles. The quantitative estimate of drug-likeness (QED) is 0.925. The molecule has 0 atom stereocenters. The zero-order chi connectivity index (χ0) is 14.0. The fourth-order valence-corrected chi connectivity index (χ4v) is 2.50. The summed E-state index contributed by atoms with van der Waals surface area (Å²) in [5.41, 5.74) is 1.10. The molecule has 2 aromatic rings. The first-order valence-corrected chi connectivity index (χ1v) is 6.99. The monoisotopic (exact) mass is 272 g/mol. The van der Waals surface area contributed by atoms with Crippen molar-refractivity contribution in [3.05, 3.63) is 36.2 Å². The van der Waals surface area contributed by atoms with Crippen LogP contribution in [0.4, 0.5) is 0 Å². The molecule has 1 aliphatic heterocycles. The molecule has 3 rings (SSSR count). The van der Waals surface area contributed by atoms with Crippen molar-refractivity contribution < 1.29 is 4.52 Å². The van der Waals surface area contributed by atoms with E-state index in [-0.39, 0.29) is 5.54 Å². The van der Waals surface area contributed by atoms with E-state index in [0.717, 1.165) is 25.2 Å². The molecule has 0 unspecified atom stereocenters. The summed E-state index contributed by atoms with van der Waals surface area (Å²) in [6, 6.07) is 9.91. The summed E-state index contributed by atoms with van der Waals surface area (Å²) in [5, 5.41) is 7.48.